The highest BCUT2D eigenvalue weighted by Gasteiger charge is 2.31. The molecule has 0 N–H and O–H groups in total. The molecule has 142 valence electrons. The number of benzene rings is 2. The second-order valence-electron chi connectivity index (χ2n) is 6.61. The van der Waals surface area contributed by atoms with Crippen LogP contribution < -0.4 is 18.9 Å². The zero-order valence-corrected chi connectivity index (χ0v) is 15.3. The van der Waals surface area contributed by atoms with Crippen molar-refractivity contribution in [3.05, 3.63) is 48.0 Å². The van der Waals surface area contributed by atoms with E-state index in [9.17, 15) is 4.79 Å². The standard InChI is InChI=1S/C21H23NO5/c1-24-16-5-7-17(8-6-16)27-14-21(23)22-10-2-3-18(22)15-4-9-19-20(13-15)26-12-11-25-19/h4-9,13,18H,2-3,10-12,14H2,1H3/t18-/m1/s1. The van der Waals surface area contributed by atoms with Crippen molar-refractivity contribution in [2.45, 2.75) is 18.9 Å². The molecule has 1 amide bonds. The normalized spacial score (nSPS) is 18.3. The van der Waals surface area contributed by atoms with Crippen molar-refractivity contribution in [3.8, 4) is 23.0 Å². The van der Waals surface area contributed by atoms with Gasteiger partial charge in [0.05, 0.1) is 13.2 Å². The molecule has 2 aliphatic heterocycles. The van der Waals surface area contributed by atoms with Crippen LogP contribution in [0.2, 0.25) is 0 Å². The van der Waals surface area contributed by atoms with Crippen molar-refractivity contribution in [2.24, 2.45) is 0 Å². The number of amides is 1. The van der Waals surface area contributed by atoms with E-state index in [1.165, 1.54) is 0 Å². The Labute approximate surface area is 158 Å². The second-order valence-corrected chi connectivity index (χ2v) is 6.61. The molecule has 0 bridgehead atoms. The van der Waals surface area contributed by atoms with E-state index in [-0.39, 0.29) is 18.6 Å². The first kappa shape index (κ1) is 17.5. The van der Waals surface area contributed by atoms with E-state index in [2.05, 4.69) is 0 Å². The van der Waals surface area contributed by atoms with Crippen LogP contribution in [0.15, 0.2) is 42.5 Å². The third kappa shape index (κ3) is 3.79. The third-order valence-electron chi connectivity index (χ3n) is 4.95. The number of carbonyl (C=O) groups excluding carboxylic acids is 1. The minimum absolute atomic E-state index is 0.0109. The van der Waals surface area contributed by atoms with E-state index >= 15 is 0 Å². The zero-order chi connectivity index (χ0) is 18.6. The molecule has 6 heteroatoms. The largest absolute Gasteiger partial charge is 0.497 e. The summed E-state index contributed by atoms with van der Waals surface area (Å²) >= 11 is 0. The third-order valence-corrected chi connectivity index (χ3v) is 4.95. The van der Waals surface area contributed by atoms with E-state index in [0.29, 0.717) is 19.0 Å². The number of likely N-dealkylation sites (tertiary alicyclic amines) is 1. The number of methoxy groups -OCH3 is 1. The van der Waals surface area contributed by atoms with Crippen molar-refractivity contribution in [1.82, 2.24) is 4.90 Å². The van der Waals surface area contributed by atoms with Crippen LogP contribution in [0.3, 0.4) is 0 Å². The summed E-state index contributed by atoms with van der Waals surface area (Å²) in [7, 11) is 1.62. The van der Waals surface area contributed by atoms with E-state index in [1.807, 2.05) is 35.2 Å². The summed E-state index contributed by atoms with van der Waals surface area (Å²) < 4.78 is 22.1. The van der Waals surface area contributed by atoms with Gasteiger partial charge in [-0.1, -0.05) is 6.07 Å². The molecule has 0 unspecified atom stereocenters. The summed E-state index contributed by atoms with van der Waals surface area (Å²) in [4.78, 5) is 14.6. The summed E-state index contributed by atoms with van der Waals surface area (Å²) in [5.74, 6) is 2.92. The summed E-state index contributed by atoms with van der Waals surface area (Å²) in [6.45, 7) is 1.89. The fourth-order valence-electron chi connectivity index (χ4n) is 3.58. The Kier molecular flexibility index (Phi) is 5.05. The van der Waals surface area contributed by atoms with Crippen molar-refractivity contribution in [2.75, 3.05) is 33.5 Å². The average molecular weight is 369 g/mol. The lowest BCUT2D eigenvalue weighted by atomic mass is 10.0. The van der Waals surface area contributed by atoms with E-state index < -0.39 is 0 Å². The maximum atomic E-state index is 12.7. The predicted octanol–water partition coefficient (Wildman–Crippen LogP) is 3.21. The highest BCUT2D eigenvalue weighted by molar-refractivity contribution is 5.78. The van der Waals surface area contributed by atoms with Gasteiger partial charge in [-0.05, 0) is 54.8 Å². The molecule has 1 atom stereocenters. The fraction of sp³-hybridized carbons (Fsp3) is 0.381. The molecule has 0 aromatic heterocycles. The van der Waals surface area contributed by atoms with Crippen molar-refractivity contribution < 1.29 is 23.7 Å². The maximum Gasteiger partial charge on any atom is 0.261 e. The fourth-order valence-corrected chi connectivity index (χ4v) is 3.58. The molecule has 1 saturated heterocycles. The molecule has 4 rings (SSSR count). The van der Waals surface area contributed by atoms with Gasteiger partial charge in [0.15, 0.2) is 18.1 Å². The first-order valence-corrected chi connectivity index (χ1v) is 9.20. The van der Waals surface area contributed by atoms with Gasteiger partial charge in [0.2, 0.25) is 0 Å². The van der Waals surface area contributed by atoms with Gasteiger partial charge in [0.25, 0.3) is 5.91 Å². The number of hydrogen-bond donors (Lipinski definition) is 0. The smallest absolute Gasteiger partial charge is 0.261 e. The van der Waals surface area contributed by atoms with Gasteiger partial charge in [0, 0.05) is 6.54 Å². The Bertz CT molecular complexity index is 805. The van der Waals surface area contributed by atoms with Crippen LogP contribution in [-0.4, -0.2) is 44.3 Å². The Hall–Kier alpha value is -2.89. The van der Waals surface area contributed by atoms with Gasteiger partial charge in [-0.25, -0.2) is 0 Å². The molecular formula is C21H23NO5. The topological polar surface area (TPSA) is 57.2 Å². The highest BCUT2D eigenvalue weighted by atomic mass is 16.6. The van der Waals surface area contributed by atoms with Gasteiger partial charge < -0.3 is 23.8 Å². The van der Waals surface area contributed by atoms with Crippen molar-refractivity contribution >= 4 is 5.91 Å². The van der Waals surface area contributed by atoms with Crippen LogP contribution in [0.5, 0.6) is 23.0 Å². The number of hydrogen-bond acceptors (Lipinski definition) is 5. The quantitative estimate of drug-likeness (QED) is 0.810. The van der Waals surface area contributed by atoms with E-state index in [0.717, 1.165) is 42.2 Å². The van der Waals surface area contributed by atoms with E-state index in [1.54, 1.807) is 19.2 Å². The SMILES string of the molecule is COc1ccc(OCC(=O)N2CCC[C@@H]2c2ccc3c(c2)OCCO3)cc1. The lowest BCUT2D eigenvalue weighted by Crippen LogP contribution is -2.34. The van der Waals surface area contributed by atoms with Crippen LogP contribution in [0, 0.1) is 0 Å². The Balaban J connectivity index is 1.42. The molecule has 0 spiro atoms. The predicted molar refractivity (Wildman–Crippen MR) is 99.6 cm³/mol. The molecule has 1 fully saturated rings. The molecule has 6 nitrogen and oxygen atoms in total. The zero-order valence-electron chi connectivity index (χ0n) is 15.3. The second kappa shape index (κ2) is 7.78. The highest BCUT2D eigenvalue weighted by Crippen LogP contribution is 2.38. The lowest BCUT2D eigenvalue weighted by Gasteiger charge is -2.26. The first-order chi connectivity index (χ1) is 13.2. The van der Waals surface area contributed by atoms with Gasteiger partial charge in [-0.15, -0.1) is 0 Å². The molecule has 0 saturated carbocycles. The monoisotopic (exact) mass is 369 g/mol. The van der Waals surface area contributed by atoms with Crippen LogP contribution in [-0.2, 0) is 4.79 Å². The molecule has 0 aliphatic carbocycles. The molecule has 2 aromatic rings. The first-order valence-electron chi connectivity index (χ1n) is 9.20. The Morgan fingerprint density at radius 3 is 2.59 bits per heavy atom. The number of ether oxygens (including phenoxy) is 4. The van der Waals surface area contributed by atoms with Crippen LogP contribution in [0.1, 0.15) is 24.4 Å². The summed E-state index contributed by atoms with van der Waals surface area (Å²) in [5, 5.41) is 0. The Morgan fingerprint density at radius 2 is 1.81 bits per heavy atom. The van der Waals surface area contributed by atoms with Crippen LogP contribution in [0.4, 0.5) is 0 Å². The summed E-state index contributed by atoms with van der Waals surface area (Å²) in [5.41, 5.74) is 1.08. The molecule has 2 heterocycles. The molecular weight excluding hydrogens is 346 g/mol. The van der Waals surface area contributed by atoms with Crippen molar-refractivity contribution in [1.29, 1.82) is 0 Å². The molecule has 27 heavy (non-hydrogen) atoms. The minimum atomic E-state index is -0.0109. The van der Waals surface area contributed by atoms with Crippen LogP contribution >= 0.6 is 0 Å². The number of carbonyl (C=O) groups is 1. The van der Waals surface area contributed by atoms with Gasteiger partial charge >= 0.3 is 0 Å². The Morgan fingerprint density at radius 1 is 1.07 bits per heavy atom. The van der Waals surface area contributed by atoms with Gasteiger partial charge in [0.1, 0.15) is 24.7 Å². The summed E-state index contributed by atoms with van der Waals surface area (Å²) in [6, 6.07) is 13.2. The molecule has 2 aromatic carbocycles. The number of nitrogens with zero attached hydrogens (tertiary/aromatic N) is 1. The number of fused-ring (bicyclic) bond motifs is 1. The van der Waals surface area contributed by atoms with E-state index in [4.69, 9.17) is 18.9 Å². The van der Waals surface area contributed by atoms with Crippen LogP contribution in [0.25, 0.3) is 0 Å². The van der Waals surface area contributed by atoms with Gasteiger partial charge in [-0.3, -0.25) is 4.79 Å². The minimum Gasteiger partial charge on any atom is -0.497 e. The number of rotatable bonds is 5. The molecule has 2 aliphatic rings. The molecule has 0 radical (unpaired) electrons. The van der Waals surface area contributed by atoms with Gasteiger partial charge in [-0.2, -0.15) is 0 Å². The summed E-state index contributed by atoms with van der Waals surface area (Å²) in [6.07, 6.45) is 1.92. The lowest BCUT2D eigenvalue weighted by molar-refractivity contribution is -0.134. The van der Waals surface area contributed by atoms with Crippen molar-refractivity contribution in [3.63, 3.8) is 0 Å². The maximum absolute atomic E-state index is 12.7. The average Bonchev–Trinajstić information content (AvgIpc) is 3.22.